The van der Waals surface area contributed by atoms with Crippen LogP contribution in [0.1, 0.15) is 18.5 Å². The second-order valence-corrected chi connectivity index (χ2v) is 5.74. The molecule has 1 aromatic carbocycles. The Morgan fingerprint density at radius 3 is 2.95 bits per heavy atom. The molecule has 1 atom stereocenters. The van der Waals surface area contributed by atoms with Crippen molar-refractivity contribution in [2.45, 2.75) is 13.0 Å². The lowest BCUT2D eigenvalue weighted by Crippen LogP contribution is -2.21. The van der Waals surface area contributed by atoms with Gasteiger partial charge in [0, 0.05) is 35.9 Å². The molecule has 0 fully saturated rings. The summed E-state index contributed by atoms with van der Waals surface area (Å²) in [6.45, 7) is 6.89. The van der Waals surface area contributed by atoms with Crippen LogP contribution in [0.2, 0.25) is 0 Å². The maximum atomic E-state index is 4.42. The van der Waals surface area contributed by atoms with E-state index in [1.54, 1.807) is 0 Å². The molecule has 0 aliphatic rings. The Morgan fingerprint density at radius 2 is 2.20 bits per heavy atom. The van der Waals surface area contributed by atoms with Gasteiger partial charge in [0.2, 0.25) is 0 Å². The SMILES string of the molecule is C=CCSCCNC(C)c1cnn(-c2ccccc2)c1. The van der Waals surface area contributed by atoms with E-state index in [0.717, 1.165) is 23.7 Å². The first-order valence-electron chi connectivity index (χ1n) is 6.83. The molecule has 0 saturated carbocycles. The lowest BCUT2D eigenvalue weighted by Gasteiger charge is -2.11. The van der Waals surface area contributed by atoms with Crippen molar-refractivity contribution < 1.29 is 0 Å². The van der Waals surface area contributed by atoms with Gasteiger partial charge in [-0.2, -0.15) is 16.9 Å². The van der Waals surface area contributed by atoms with Crippen molar-refractivity contribution in [3.05, 3.63) is 60.9 Å². The molecule has 106 valence electrons. The Hall–Kier alpha value is -1.52. The molecule has 1 aromatic heterocycles. The summed E-state index contributed by atoms with van der Waals surface area (Å²) >= 11 is 1.89. The summed E-state index contributed by atoms with van der Waals surface area (Å²) in [6.07, 6.45) is 5.96. The maximum absolute atomic E-state index is 4.42. The molecule has 20 heavy (non-hydrogen) atoms. The van der Waals surface area contributed by atoms with Gasteiger partial charge in [0.05, 0.1) is 11.9 Å². The molecular weight excluding hydrogens is 266 g/mol. The number of para-hydroxylation sites is 1. The Balaban J connectivity index is 1.87. The molecule has 2 rings (SSSR count). The van der Waals surface area contributed by atoms with Crippen LogP contribution in [-0.2, 0) is 0 Å². The second-order valence-electron chi connectivity index (χ2n) is 4.59. The van der Waals surface area contributed by atoms with Gasteiger partial charge in [0.1, 0.15) is 0 Å². The number of nitrogens with one attached hydrogen (secondary N) is 1. The summed E-state index contributed by atoms with van der Waals surface area (Å²) in [5.41, 5.74) is 2.30. The summed E-state index contributed by atoms with van der Waals surface area (Å²) in [5.74, 6) is 2.12. The standard InChI is InChI=1S/C16H21N3S/c1-3-10-20-11-9-17-14(2)15-12-18-19(13-15)16-7-5-4-6-8-16/h3-8,12-14,17H,1,9-11H2,2H3. The van der Waals surface area contributed by atoms with Crippen LogP contribution in [0.3, 0.4) is 0 Å². The molecule has 2 aromatic rings. The first-order chi connectivity index (χ1) is 9.81. The van der Waals surface area contributed by atoms with Gasteiger partial charge in [0.15, 0.2) is 0 Å². The number of hydrogen-bond acceptors (Lipinski definition) is 3. The smallest absolute Gasteiger partial charge is 0.0645 e. The molecule has 0 aliphatic heterocycles. The van der Waals surface area contributed by atoms with Crippen LogP contribution in [0.25, 0.3) is 5.69 Å². The van der Waals surface area contributed by atoms with E-state index in [2.05, 4.69) is 42.2 Å². The van der Waals surface area contributed by atoms with Crippen molar-refractivity contribution >= 4 is 11.8 Å². The van der Waals surface area contributed by atoms with Crippen molar-refractivity contribution in [3.63, 3.8) is 0 Å². The summed E-state index contributed by atoms with van der Waals surface area (Å²) in [4.78, 5) is 0. The van der Waals surface area contributed by atoms with E-state index in [1.807, 2.05) is 46.9 Å². The predicted molar refractivity (Wildman–Crippen MR) is 87.5 cm³/mol. The van der Waals surface area contributed by atoms with Crippen LogP contribution < -0.4 is 5.32 Å². The van der Waals surface area contributed by atoms with E-state index < -0.39 is 0 Å². The molecule has 0 bridgehead atoms. The number of aromatic nitrogens is 2. The predicted octanol–water partition coefficient (Wildman–Crippen LogP) is 3.44. The first kappa shape index (κ1) is 14.9. The molecule has 0 radical (unpaired) electrons. The Labute approximate surface area is 125 Å². The van der Waals surface area contributed by atoms with Gasteiger partial charge in [-0.3, -0.25) is 0 Å². The molecule has 1 N–H and O–H groups in total. The zero-order valence-corrected chi connectivity index (χ0v) is 12.6. The minimum Gasteiger partial charge on any atom is -0.309 e. The van der Waals surface area contributed by atoms with E-state index in [-0.39, 0.29) is 0 Å². The highest BCUT2D eigenvalue weighted by molar-refractivity contribution is 7.99. The lowest BCUT2D eigenvalue weighted by molar-refractivity contribution is 0.601. The average Bonchev–Trinajstić information content (AvgIpc) is 2.98. The van der Waals surface area contributed by atoms with Gasteiger partial charge < -0.3 is 5.32 Å². The largest absolute Gasteiger partial charge is 0.309 e. The normalized spacial score (nSPS) is 12.2. The van der Waals surface area contributed by atoms with Crippen LogP contribution in [0, 0.1) is 0 Å². The highest BCUT2D eigenvalue weighted by Crippen LogP contribution is 2.14. The van der Waals surface area contributed by atoms with E-state index in [0.29, 0.717) is 6.04 Å². The average molecular weight is 287 g/mol. The monoisotopic (exact) mass is 287 g/mol. The zero-order chi connectivity index (χ0) is 14.2. The van der Waals surface area contributed by atoms with Crippen LogP contribution in [0.5, 0.6) is 0 Å². The quantitative estimate of drug-likeness (QED) is 0.596. The topological polar surface area (TPSA) is 29.9 Å². The molecule has 1 heterocycles. The van der Waals surface area contributed by atoms with Crippen LogP contribution in [0.15, 0.2) is 55.4 Å². The third-order valence-electron chi connectivity index (χ3n) is 3.06. The maximum Gasteiger partial charge on any atom is 0.0645 e. The number of benzene rings is 1. The summed E-state index contributed by atoms with van der Waals surface area (Å²) in [5, 5.41) is 7.94. The van der Waals surface area contributed by atoms with Gasteiger partial charge >= 0.3 is 0 Å². The summed E-state index contributed by atoms with van der Waals surface area (Å²) in [7, 11) is 0. The first-order valence-corrected chi connectivity index (χ1v) is 7.98. The number of rotatable bonds is 8. The van der Waals surface area contributed by atoms with Crippen molar-refractivity contribution in [1.29, 1.82) is 0 Å². The lowest BCUT2D eigenvalue weighted by atomic mass is 10.2. The highest BCUT2D eigenvalue weighted by Gasteiger charge is 2.07. The van der Waals surface area contributed by atoms with E-state index in [1.165, 1.54) is 5.56 Å². The fraction of sp³-hybridized carbons (Fsp3) is 0.312. The molecule has 3 nitrogen and oxygen atoms in total. The molecule has 0 saturated heterocycles. The minimum absolute atomic E-state index is 0.316. The molecule has 0 spiro atoms. The number of thioether (sulfide) groups is 1. The number of nitrogens with zero attached hydrogens (tertiary/aromatic N) is 2. The summed E-state index contributed by atoms with van der Waals surface area (Å²) in [6, 6.07) is 10.5. The highest BCUT2D eigenvalue weighted by atomic mass is 32.2. The Kier molecular flexibility index (Phi) is 5.89. The van der Waals surface area contributed by atoms with E-state index in [4.69, 9.17) is 0 Å². The van der Waals surface area contributed by atoms with Gasteiger partial charge in [-0.25, -0.2) is 4.68 Å². The van der Waals surface area contributed by atoms with Crippen molar-refractivity contribution in [2.75, 3.05) is 18.1 Å². The van der Waals surface area contributed by atoms with Gasteiger partial charge in [-0.15, -0.1) is 6.58 Å². The molecule has 0 amide bonds. The molecule has 0 aliphatic carbocycles. The third-order valence-corrected chi connectivity index (χ3v) is 4.02. The molecule has 4 heteroatoms. The van der Waals surface area contributed by atoms with Crippen LogP contribution in [0.4, 0.5) is 0 Å². The van der Waals surface area contributed by atoms with Gasteiger partial charge in [-0.1, -0.05) is 24.3 Å². The van der Waals surface area contributed by atoms with Crippen LogP contribution in [-0.4, -0.2) is 27.8 Å². The van der Waals surface area contributed by atoms with Crippen molar-refractivity contribution in [1.82, 2.24) is 15.1 Å². The minimum atomic E-state index is 0.316. The third kappa shape index (κ3) is 4.25. The number of hydrogen-bond donors (Lipinski definition) is 1. The Morgan fingerprint density at radius 1 is 1.40 bits per heavy atom. The second kappa shape index (κ2) is 7.92. The fourth-order valence-electron chi connectivity index (χ4n) is 1.91. The zero-order valence-electron chi connectivity index (χ0n) is 11.8. The molecular formula is C16H21N3S. The van der Waals surface area contributed by atoms with E-state index in [9.17, 15) is 0 Å². The van der Waals surface area contributed by atoms with E-state index >= 15 is 0 Å². The fourth-order valence-corrected chi connectivity index (χ4v) is 2.51. The summed E-state index contributed by atoms with van der Waals surface area (Å²) < 4.78 is 1.92. The molecule has 1 unspecified atom stereocenters. The van der Waals surface area contributed by atoms with Crippen molar-refractivity contribution in [3.8, 4) is 5.69 Å². The van der Waals surface area contributed by atoms with Crippen LogP contribution >= 0.6 is 11.8 Å². The van der Waals surface area contributed by atoms with Gasteiger partial charge in [-0.05, 0) is 19.1 Å². The Bertz CT molecular complexity index is 522. The van der Waals surface area contributed by atoms with Crippen molar-refractivity contribution in [2.24, 2.45) is 0 Å². The van der Waals surface area contributed by atoms with Gasteiger partial charge in [0.25, 0.3) is 0 Å².